The van der Waals surface area contributed by atoms with Crippen molar-refractivity contribution in [3.05, 3.63) is 34.1 Å². The average molecular weight is 243 g/mol. The fourth-order valence-electron chi connectivity index (χ4n) is 1.30. The van der Waals surface area contributed by atoms with Gasteiger partial charge in [0.15, 0.2) is 0 Å². The average Bonchev–Trinajstić information content (AvgIpc) is 2.25. The largest absolute Gasteiger partial charge is 0.481 e. The van der Waals surface area contributed by atoms with E-state index in [2.05, 4.69) is 0 Å². The van der Waals surface area contributed by atoms with Gasteiger partial charge in [0, 0.05) is 6.61 Å². The molecule has 0 spiro atoms. The highest BCUT2D eigenvalue weighted by Crippen LogP contribution is 2.30. The molecular formula is C11H14FNO4. The maximum Gasteiger partial charge on any atom is 0.346 e. The van der Waals surface area contributed by atoms with Crippen molar-refractivity contribution in [1.29, 1.82) is 0 Å². The zero-order valence-corrected chi connectivity index (χ0v) is 9.68. The van der Waals surface area contributed by atoms with E-state index in [1.54, 1.807) is 6.92 Å². The van der Waals surface area contributed by atoms with E-state index in [-0.39, 0.29) is 11.9 Å². The Morgan fingerprint density at radius 3 is 2.82 bits per heavy atom. The Kier molecular flexibility index (Phi) is 4.84. The number of nitro benzene ring substituents is 1. The fraction of sp³-hybridized carbons (Fsp3) is 0.455. The first kappa shape index (κ1) is 13.4. The Morgan fingerprint density at radius 2 is 2.24 bits per heavy atom. The van der Waals surface area contributed by atoms with Crippen LogP contribution in [0, 0.1) is 15.9 Å². The number of hydrogen-bond acceptors (Lipinski definition) is 4. The highest BCUT2D eigenvalue weighted by molar-refractivity contribution is 5.47. The smallest absolute Gasteiger partial charge is 0.346 e. The maximum absolute atomic E-state index is 13.3. The molecule has 0 heterocycles. The molecule has 1 aromatic carbocycles. The normalized spacial score (nSPS) is 12.2. The summed E-state index contributed by atoms with van der Waals surface area (Å²) in [5.41, 5.74) is -0.643. The molecule has 1 unspecified atom stereocenters. The summed E-state index contributed by atoms with van der Waals surface area (Å²) in [6.45, 7) is 4.35. The first-order valence-electron chi connectivity index (χ1n) is 5.23. The molecule has 0 aliphatic rings. The molecule has 6 heteroatoms. The minimum atomic E-state index is -0.906. The van der Waals surface area contributed by atoms with Crippen molar-refractivity contribution in [2.24, 2.45) is 0 Å². The van der Waals surface area contributed by atoms with Gasteiger partial charge in [-0.3, -0.25) is 10.1 Å². The third-order valence-corrected chi connectivity index (χ3v) is 2.02. The van der Waals surface area contributed by atoms with Gasteiger partial charge in [0.05, 0.1) is 11.5 Å². The molecule has 1 aromatic rings. The molecule has 1 rings (SSSR count). The van der Waals surface area contributed by atoms with E-state index in [9.17, 15) is 14.5 Å². The van der Waals surface area contributed by atoms with Crippen molar-refractivity contribution in [2.75, 3.05) is 13.2 Å². The molecule has 0 saturated carbocycles. The van der Waals surface area contributed by atoms with Gasteiger partial charge in [0.1, 0.15) is 6.10 Å². The minimum Gasteiger partial charge on any atom is -0.481 e. The summed E-state index contributed by atoms with van der Waals surface area (Å²) in [5.74, 6) is -0.988. The first-order valence-corrected chi connectivity index (χ1v) is 5.23. The molecule has 0 bridgehead atoms. The lowest BCUT2D eigenvalue weighted by Crippen LogP contribution is -2.19. The van der Waals surface area contributed by atoms with Gasteiger partial charge < -0.3 is 9.47 Å². The number of rotatable bonds is 6. The number of halogens is 1. The number of ether oxygens (including phenoxy) is 2. The van der Waals surface area contributed by atoms with Crippen LogP contribution in [0.3, 0.4) is 0 Å². The van der Waals surface area contributed by atoms with E-state index in [0.29, 0.717) is 13.2 Å². The van der Waals surface area contributed by atoms with Crippen LogP contribution >= 0.6 is 0 Å². The number of nitro groups is 1. The van der Waals surface area contributed by atoms with Crippen LogP contribution < -0.4 is 4.74 Å². The highest BCUT2D eigenvalue weighted by Gasteiger charge is 2.22. The van der Waals surface area contributed by atoms with Crippen molar-refractivity contribution in [2.45, 2.75) is 20.0 Å². The van der Waals surface area contributed by atoms with Crippen molar-refractivity contribution in [3.8, 4) is 5.75 Å². The lowest BCUT2D eigenvalue weighted by atomic mass is 10.3. The van der Waals surface area contributed by atoms with E-state index in [1.165, 1.54) is 12.1 Å². The molecule has 5 nitrogen and oxygen atoms in total. The van der Waals surface area contributed by atoms with Gasteiger partial charge >= 0.3 is 5.69 Å². The second-order valence-corrected chi connectivity index (χ2v) is 3.43. The summed E-state index contributed by atoms with van der Waals surface area (Å²) in [4.78, 5) is 9.90. The quantitative estimate of drug-likeness (QED) is 0.569. The lowest BCUT2D eigenvalue weighted by Gasteiger charge is -2.14. The van der Waals surface area contributed by atoms with E-state index in [4.69, 9.17) is 9.47 Å². The van der Waals surface area contributed by atoms with Crippen molar-refractivity contribution in [1.82, 2.24) is 0 Å². The van der Waals surface area contributed by atoms with Gasteiger partial charge in [0.25, 0.3) is 0 Å². The fourth-order valence-corrected chi connectivity index (χ4v) is 1.30. The van der Waals surface area contributed by atoms with E-state index < -0.39 is 16.4 Å². The van der Waals surface area contributed by atoms with Gasteiger partial charge in [-0.05, 0) is 26.0 Å². The predicted octanol–water partition coefficient (Wildman–Crippen LogP) is 2.54. The Bertz CT molecular complexity index is 397. The minimum absolute atomic E-state index is 0.0813. The van der Waals surface area contributed by atoms with Crippen LogP contribution in [0.1, 0.15) is 13.8 Å². The molecule has 0 saturated heterocycles. The van der Waals surface area contributed by atoms with Crippen LogP contribution in [0.5, 0.6) is 5.75 Å². The van der Waals surface area contributed by atoms with E-state index >= 15 is 0 Å². The topological polar surface area (TPSA) is 61.6 Å². The van der Waals surface area contributed by atoms with Crippen molar-refractivity contribution >= 4 is 5.69 Å². The zero-order valence-electron chi connectivity index (χ0n) is 9.68. The van der Waals surface area contributed by atoms with Crippen LogP contribution in [0.15, 0.2) is 18.2 Å². The third kappa shape index (κ3) is 3.67. The second-order valence-electron chi connectivity index (χ2n) is 3.43. The van der Waals surface area contributed by atoms with Gasteiger partial charge in [-0.15, -0.1) is 0 Å². The van der Waals surface area contributed by atoms with Gasteiger partial charge in [0.2, 0.25) is 11.6 Å². The summed E-state index contributed by atoms with van der Waals surface area (Å²) in [7, 11) is 0. The molecule has 0 aromatic heterocycles. The number of nitrogens with zero attached hydrogens (tertiary/aromatic N) is 1. The predicted molar refractivity (Wildman–Crippen MR) is 59.6 cm³/mol. The Balaban J connectivity index is 2.83. The van der Waals surface area contributed by atoms with Gasteiger partial charge in [-0.1, -0.05) is 6.07 Å². The maximum atomic E-state index is 13.3. The van der Waals surface area contributed by atoms with Crippen molar-refractivity contribution in [3.63, 3.8) is 0 Å². The Morgan fingerprint density at radius 1 is 1.53 bits per heavy atom. The Labute approximate surface area is 98.3 Å². The third-order valence-electron chi connectivity index (χ3n) is 2.02. The van der Waals surface area contributed by atoms with E-state index in [0.717, 1.165) is 6.07 Å². The molecular weight excluding hydrogens is 229 g/mol. The SMILES string of the molecule is CCOCC(C)Oc1cccc(F)c1[N+](=O)[O-]. The van der Waals surface area contributed by atoms with Crippen LogP contribution in [-0.2, 0) is 4.74 Å². The monoisotopic (exact) mass is 243 g/mol. The number of benzene rings is 1. The molecule has 0 radical (unpaired) electrons. The molecule has 0 N–H and O–H groups in total. The first-order chi connectivity index (χ1) is 8.06. The summed E-state index contributed by atoms with van der Waals surface area (Å²) in [6.07, 6.45) is -0.379. The number of para-hydroxylation sites is 1. The molecule has 0 fully saturated rings. The van der Waals surface area contributed by atoms with Crippen LogP contribution in [0.25, 0.3) is 0 Å². The summed E-state index contributed by atoms with van der Waals surface area (Å²) in [6, 6.07) is 3.76. The number of hydrogen-bond donors (Lipinski definition) is 0. The summed E-state index contributed by atoms with van der Waals surface area (Å²) >= 11 is 0. The molecule has 1 atom stereocenters. The molecule has 0 amide bonds. The Hall–Kier alpha value is -1.69. The van der Waals surface area contributed by atoms with Crippen molar-refractivity contribution < 1.29 is 18.8 Å². The summed E-state index contributed by atoms with van der Waals surface area (Å²) in [5, 5.41) is 10.7. The van der Waals surface area contributed by atoms with Crippen LogP contribution in [0.4, 0.5) is 10.1 Å². The standard InChI is InChI=1S/C11H14FNO4/c1-3-16-7-8(2)17-10-6-4-5-9(12)11(10)13(14)15/h4-6,8H,3,7H2,1-2H3. The summed E-state index contributed by atoms with van der Waals surface area (Å²) < 4.78 is 23.6. The van der Waals surface area contributed by atoms with E-state index in [1.807, 2.05) is 6.92 Å². The second kappa shape index (κ2) is 6.15. The van der Waals surface area contributed by atoms with Crippen LogP contribution in [-0.4, -0.2) is 24.2 Å². The molecule has 0 aliphatic carbocycles. The van der Waals surface area contributed by atoms with Gasteiger partial charge in [-0.25, -0.2) is 0 Å². The molecule has 94 valence electrons. The lowest BCUT2D eigenvalue weighted by molar-refractivity contribution is -0.388. The van der Waals surface area contributed by atoms with Gasteiger partial charge in [-0.2, -0.15) is 4.39 Å². The zero-order chi connectivity index (χ0) is 12.8. The molecule has 0 aliphatic heterocycles. The molecule has 17 heavy (non-hydrogen) atoms. The van der Waals surface area contributed by atoms with Crippen LogP contribution in [0.2, 0.25) is 0 Å². The highest BCUT2D eigenvalue weighted by atomic mass is 19.1.